The molecule has 2 aromatic rings. The topological polar surface area (TPSA) is 61.6 Å². The summed E-state index contributed by atoms with van der Waals surface area (Å²) in [6, 6.07) is 8.74. The molecule has 6 nitrogen and oxygen atoms in total. The van der Waals surface area contributed by atoms with Gasteiger partial charge in [0.15, 0.2) is 11.6 Å². The van der Waals surface area contributed by atoms with Crippen molar-refractivity contribution in [3.8, 4) is 0 Å². The van der Waals surface area contributed by atoms with Gasteiger partial charge in [-0.15, -0.1) is 0 Å². The van der Waals surface area contributed by atoms with Crippen LogP contribution in [0.4, 0.5) is 0 Å². The summed E-state index contributed by atoms with van der Waals surface area (Å²) in [5, 5.41) is 3.48. The zero-order valence-electron chi connectivity index (χ0n) is 18.8. The summed E-state index contributed by atoms with van der Waals surface area (Å²) in [4.78, 5) is 22.4. The number of hydrogen-bond donors (Lipinski definition) is 1. The van der Waals surface area contributed by atoms with E-state index in [-0.39, 0.29) is 11.3 Å². The molecule has 4 heterocycles. The number of nitrogens with zero attached hydrogens (tertiary/aromatic N) is 3. The maximum Gasteiger partial charge on any atom is 0.276 e. The summed E-state index contributed by atoms with van der Waals surface area (Å²) in [6.45, 7) is 10.8. The lowest BCUT2D eigenvalue weighted by Gasteiger charge is -2.49. The third-order valence-electron chi connectivity index (χ3n) is 7.63. The quantitative estimate of drug-likeness (QED) is 0.823. The molecule has 0 unspecified atom stereocenters. The molecule has 6 heteroatoms. The molecule has 1 amide bonds. The zero-order chi connectivity index (χ0) is 21.4. The summed E-state index contributed by atoms with van der Waals surface area (Å²) < 4.78 is 5.55. The van der Waals surface area contributed by atoms with E-state index in [1.807, 2.05) is 11.8 Å². The molecular weight excluding hydrogens is 388 g/mol. The van der Waals surface area contributed by atoms with Crippen LogP contribution in [-0.4, -0.2) is 60.0 Å². The minimum absolute atomic E-state index is 0.000336. The number of nitrogens with one attached hydrogen (secondary N) is 1. The minimum atomic E-state index is 0.000336. The van der Waals surface area contributed by atoms with E-state index in [9.17, 15) is 4.79 Å². The second-order valence-electron chi connectivity index (χ2n) is 9.73. The van der Waals surface area contributed by atoms with Crippen LogP contribution < -0.4 is 5.32 Å². The number of carbonyl (C=O) groups excluding carboxylic acids is 1. The number of aryl methyl sites for hydroxylation is 2. The summed E-state index contributed by atoms with van der Waals surface area (Å²) in [5.74, 6) is 2.00. The molecule has 1 spiro atoms. The largest absolute Gasteiger partial charge is 0.445 e. The fourth-order valence-corrected chi connectivity index (χ4v) is 5.93. The third kappa shape index (κ3) is 4.03. The van der Waals surface area contributed by atoms with Crippen molar-refractivity contribution in [3.63, 3.8) is 0 Å². The molecule has 5 rings (SSSR count). The minimum Gasteiger partial charge on any atom is -0.445 e. The Balaban J connectivity index is 1.35. The van der Waals surface area contributed by atoms with Crippen LogP contribution in [-0.2, 0) is 12.0 Å². The predicted octanol–water partition coefficient (Wildman–Crippen LogP) is 3.28. The van der Waals surface area contributed by atoms with Gasteiger partial charge in [-0.25, -0.2) is 4.98 Å². The number of oxazole rings is 1. The number of aromatic nitrogens is 1. The van der Waals surface area contributed by atoms with Crippen LogP contribution in [0.25, 0.3) is 0 Å². The molecular formula is C25H34N4O2. The van der Waals surface area contributed by atoms with Gasteiger partial charge in [-0.3, -0.25) is 4.79 Å². The van der Waals surface area contributed by atoms with Gasteiger partial charge in [0.05, 0.1) is 0 Å². The van der Waals surface area contributed by atoms with Crippen LogP contribution in [0.2, 0.25) is 0 Å². The van der Waals surface area contributed by atoms with Gasteiger partial charge >= 0.3 is 0 Å². The van der Waals surface area contributed by atoms with Crippen LogP contribution in [0, 0.1) is 19.8 Å². The fourth-order valence-electron chi connectivity index (χ4n) is 5.93. The predicted molar refractivity (Wildman–Crippen MR) is 120 cm³/mol. The summed E-state index contributed by atoms with van der Waals surface area (Å²) >= 11 is 0. The monoisotopic (exact) mass is 422 g/mol. The number of hydrogen-bond acceptors (Lipinski definition) is 5. The van der Waals surface area contributed by atoms with Crippen LogP contribution in [0.15, 0.2) is 28.7 Å². The van der Waals surface area contributed by atoms with Gasteiger partial charge in [-0.1, -0.05) is 24.3 Å². The van der Waals surface area contributed by atoms with Gasteiger partial charge in [0.25, 0.3) is 5.91 Å². The Labute approximate surface area is 185 Å². The van der Waals surface area contributed by atoms with Crippen molar-refractivity contribution < 1.29 is 9.21 Å². The van der Waals surface area contributed by atoms with Gasteiger partial charge in [-0.2, -0.15) is 0 Å². The average molecular weight is 423 g/mol. The first-order valence-corrected chi connectivity index (χ1v) is 11.8. The SMILES string of the molecule is Cc1nc(C(=O)N2Cc3ccccc3C3(CCN(CC4CCNCC4)CC3)C2)c(C)o1. The van der Waals surface area contributed by atoms with Crippen molar-refractivity contribution in [2.75, 3.05) is 39.3 Å². The fraction of sp³-hybridized carbons (Fsp3) is 0.600. The Morgan fingerprint density at radius 1 is 1.19 bits per heavy atom. The molecule has 3 aliphatic heterocycles. The Morgan fingerprint density at radius 2 is 1.94 bits per heavy atom. The number of likely N-dealkylation sites (tertiary alicyclic amines) is 1. The van der Waals surface area contributed by atoms with Crippen LogP contribution in [0.3, 0.4) is 0 Å². The molecule has 31 heavy (non-hydrogen) atoms. The summed E-state index contributed by atoms with van der Waals surface area (Å²) in [6.07, 6.45) is 4.80. The second kappa shape index (κ2) is 8.40. The van der Waals surface area contributed by atoms with E-state index in [2.05, 4.69) is 39.5 Å². The van der Waals surface area contributed by atoms with Gasteiger partial charge in [-0.05, 0) is 75.8 Å². The normalized spacial score (nSPS) is 21.9. The number of piperidine rings is 2. The van der Waals surface area contributed by atoms with Crippen molar-refractivity contribution in [2.45, 2.75) is 51.5 Å². The lowest BCUT2D eigenvalue weighted by Crippen LogP contribution is -2.54. The molecule has 0 saturated carbocycles. The van der Waals surface area contributed by atoms with E-state index in [4.69, 9.17) is 4.42 Å². The van der Waals surface area contributed by atoms with Crippen molar-refractivity contribution in [1.29, 1.82) is 0 Å². The van der Waals surface area contributed by atoms with E-state index >= 15 is 0 Å². The molecule has 166 valence electrons. The highest BCUT2D eigenvalue weighted by Crippen LogP contribution is 2.42. The van der Waals surface area contributed by atoms with Gasteiger partial charge in [0.1, 0.15) is 5.76 Å². The zero-order valence-corrected chi connectivity index (χ0v) is 18.8. The first-order chi connectivity index (χ1) is 15.0. The number of carbonyl (C=O) groups is 1. The van der Waals surface area contributed by atoms with Gasteiger partial charge < -0.3 is 19.5 Å². The van der Waals surface area contributed by atoms with Crippen molar-refractivity contribution in [3.05, 3.63) is 52.7 Å². The Bertz CT molecular complexity index is 939. The number of benzene rings is 1. The van der Waals surface area contributed by atoms with Crippen molar-refractivity contribution in [2.24, 2.45) is 5.92 Å². The molecule has 3 aliphatic rings. The molecule has 1 aromatic carbocycles. The average Bonchev–Trinajstić information content (AvgIpc) is 3.13. The molecule has 2 fully saturated rings. The molecule has 1 aromatic heterocycles. The standard InChI is InChI=1S/C25H34N4O2/c1-18-23(27-19(2)31-18)24(30)29-16-21-5-3-4-6-22(21)25(17-29)9-13-28(14-10-25)15-20-7-11-26-12-8-20/h3-6,20,26H,7-17H2,1-2H3. The summed E-state index contributed by atoms with van der Waals surface area (Å²) in [5.41, 5.74) is 3.25. The van der Waals surface area contributed by atoms with Crippen LogP contribution in [0.5, 0.6) is 0 Å². The second-order valence-corrected chi connectivity index (χ2v) is 9.73. The smallest absolute Gasteiger partial charge is 0.276 e. The molecule has 0 bridgehead atoms. The van der Waals surface area contributed by atoms with E-state index in [0.29, 0.717) is 23.9 Å². The summed E-state index contributed by atoms with van der Waals surface area (Å²) in [7, 11) is 0. The highest BCUT2D eigenvalue weighted by molar-refractivity contribution is 5.93. The molecule has 2 saturated heterocycles. The maximum absolute atomic E-state index is 13.4. The molecule has 0 radical (unpaired) electrons. The van der Waals surface area contributed by atoms with Crippen molar-refractivity contribution >= 4 is 5.91 Å². The Kier molecular flexibility index (Phi) is 5.61. The maximum atomic E-state index is 13.4. The lowest BCUT2D eigenvalue weighted by atomic mass is 9.68. The number of amides is 1. The van der Waals surface area contributed by atoms with Gasteiger partial charge in [0, 0.05) is 32.0 Å². The van der Waals surface area contributed by atoms with E-state index in [0.717, 1.165) is 51.5 Å². The van der Waals surface area contributed by atoms with Gasteiger partial charge in [0.2, 0.25) is 0 Å². The van der Waals surface area contributed by atoms with E-state index in [1.54, 1.807) is 6.92 Å². The Hall–Kier alpha value is -2.18. The third-order valence-corrected chi connectivity index (χ3v) is 7.63. The number of fused-ring (bicyclic) bond motifs is 2. The highest BCUT2D eigenvalue weighted by Gasteiger charge is 2.43. The molecule has 0 aliphatic carbocycles. The number of rotatable bonds is 3. The van der Waals surface area contributed by atoms with Crippen LogP contribution in [0.1, 0.15) is 58.9 Å². The lowest BCUT2D eigenvalue weighted by molar-refractivity contribution is 0.0552. The van der Waals surface area contributed by atoms with Crippen molar-refractivity contribution in [1.82, 2.24) is 20.1 Å². The highest BCUT2D eigenvalue weighted by atomic mass is 16.4. The first-order valence-electron chi connectivity index (χ1n) is 11.8. The van der Waals surface area contributed by atoms with E-state index in [1.165, 1.54) is 30.5 Å². The molecule has 1 N–H and O–H groups in total. The van der Waals surface area contributed by atoms with E-state index < -0.39 is 0 Å². The molecule has 0 atom stereocenters. The van der Waals surface area contributed by atoms with Crippen LogP contribution >= 0.6 is 0 Å². The Morgan fingerprint density at radius 3 is 2.65 bits per heavy atom. The first kappa shape index (κ1) is 20.7.